The van der Waals surface area contributed by atoms with Gasteiger partial charge in [0.05, 0.1) is 10.5 Å². The second-order valence-corrected chi connectivity index (χ2v) is 5.50. The molecular formula is C14H12BrClFN. The lowest BCUT2D eigenvalue weighted by molar-refractivity contribution is 0.619. The van der Waals surface area contributed by atoms with Gasteiger partial charge in [0.1, 0.15) is 5.82 Å². The summed E-state index contributed by atoms with van der Waals surface area (Å²) in [5, 5.41) is 0.654. The van der Waals surface area contributed by atoms with Crippen molar-refractivity contribution in [2.45, 2.75) is 13.0 Å². The van der Waals surface area contributed by atoms with Crippen LogP contribution in [0.5, 0.6) is 0 Å². The minimum absolute atomic E-state index is 0.298. The molecule has 0 fully saturated rings. The third kappa shape index (κ3) is 2.91. The Morgan fingerprint density at radius 2 is 1.89 bits per heavy atom. The van der Waals surface area contributed by atoms with Crippen molar-refractivity contribution in [3.8, 4) is 0 Å². The van der Waals surface area contributed by atoms with Crippen LogP contribution in [0.4, 0.5) is 4.39 Å². The van der Waals surface area contributed by atoms with E-state index in [1.54, 1.807) is 12.1 Å². The molecule has 0 aliphatic heterocycles. The van der Waals surface area contributed by atoms with Crippen molar-refractivity contribution in [3.63, 3.8) is 0 Å². The summed E-state index contributed by atoms with van der Waals surface area (Å²) in [6, 6.07) is 10.1. The zero-order valence-corrected chi connectivity index (χ0v) is 12.1. The summed E-state index contributed by atoms with van der Waals surface area (Å²) in [6.07, 6.45) is 0. The second kappa shape index (κ2) is 5.39. The third-order valence-corrected chi connectivity index (χ3v) is 3.55. The minimum Gasteiger partial charge on any atom is -0.320 e. The molecular weight excluding hydrogens is 317 g/mol. The molecule has 2 aromatic carbocycles. The second-order valence-electron chi connectivity index (χ2n) is 4.21. The molecule has 0 amide bonds. The first-order valence-electron chi connectivity index (χ1n) is 5.45. The van der Waals surface area contributed by atoms with Gasteiger partial charge in [0.25, 0.3) is 0 Å². The summed E-state index contributed by atoms with van der Waals surface area (Å²) in [5.74, 6) is -0.298. The van der Waals surface area contributed by atoms with Crippen molar-refractivity contribution in [1.29, 1.82) is 0 Å². The maximum absolute atomic E-state index is 13.2. The van der Waals surface area contributed by atoms with Crippen LogP contribution in [0.3, 0.4) is 0 Å². The molecule has 94 valence electrons. The van der Waals surface area contributed by atoms with Gasteiger partial charge in [-0.3, -0.25) is 0 Å². The zero-order chi connectivity index (χ0) is 13.3. The van der Waals surface area contributed by atoms with E-state index in [2.05, 4.69) is 15.9 Å². The minimum atomic E-state index is -0.320. The first-order chi connectivity index (χ1) is 8.47. The molecule has 0 radical (unpaired) electrons. The number of hydrogen-bond donors (Lipinski definition) is 1. The highest BCUT2D eigenvalue weighted by molar-refractivity contribution is 9.10. The maximum atomic E-state index is 13.2. The Morgan fingerprint density at radius 3 is 2.50 bits per heavy atom. The van der Waals surface area contributed by atoms with Crippen molar-refractivity contribution >= 4 is 27.5 Å². The maximum Gasteiger partial charge on any atom is 0.137 e. The molecule has 2 N–H and O–H groups in total. The van der Waals surface area contributed by atoms with Gasteiger partial charge < -0.3 is 5.73 Å². The van der Waals surface area contributed by atoms with Gasteiger partial charge in [0.15, 0.2) is 0 Å². The van der Waals surface area contributed by atoms with Gasteiger partial charge in [0, 0.05) is 5.02 Å². The smallest absolute Gasteiger partial charge is 0.137 e. The van der Waals surface area contributed by atoms with Crippen LogP contribution in [0.25, 0.3) is 0 Å². The van der Waals surface area contributed by atoms with Crippen LogP contribution in [0, 0.1) is 12.7 Å². The molecule has 18 heavy (non-hydrogen) atoms. The molecule has 0 heterocycles. The summed E-state index contributed by atoms with van der Waals surface area (Å²) >= 11 is 9.17. The Hall–Kier alpha value is -0.900. The van der Waals surface area contributed by atoms with E-state index >= 15 is 0 Å². The predicted molar refractivity (Wildman–Crippen MR) is 76.3 cm³/mol. The molecule has 1 unspecified atom stereocenters. The van der Waals surface area contributed by atoms with Crippen LogP contribution in [0.15, 0.2) is 40.9 Å². The van der Waals surface area contributed by atoms with Crippen LogP contribution in [-0.4, -0.2) is 0 Å². The largest absolute Gasteiger partial charge is 0.320 e. The molecule has 0 spiro atoms. The summed E-state index contributed by atoms with van der Waals surface area (Å²) in [7, 11) is 0. The summed E-state index contributed by atoms with van der Waals surface area (Å²) in [5.41, 5.74) is 8.97. The van der Waals surface area contributed by atoms with Crippen molar-refractivity contribution in [1.82, 2.24) is 0 Å². The Bertz CT molecular complexity index is 566. The first-order valence-corrected chi connectivity index (χ1v) is 6.62. The fourth-order valence-electron chi connectivity index (χ4n) is 1.84. The van der Waals surface area contributed by atoms with E-state index in [4.69, 9.17) is 17.3 Å². The SMILES string of the molecule is Cc1cc(Cl)cc(C(N)c2ccc(F)c(Br)c2)c1. The highest BCUT2D eigenvalue weighted by Gasteiger charge is 2.12. The summed E-state index contributed by atoms with van der Waals surface area (Å²) in [4.78, 5) is 0. The van der Waals surface area contributed by atoms with Gasteiger partial charge >= 0.3 is 0 Å². The highest BCUT2D eigenvalue weighted by atomic mass is 79.9. The Morgan fingerprint density at radius 1 is 1.17 bits per heavy atom. The molecule has 0 bridgehead atoms. The first kappa shape index (κ1) is 13.5. The Kier molecular flexibility index (Phi) is 4.05. The molecule has 2 aromatic rings. The van der Waals surface area contributed by atoms with Crippen molar-refractivity contribution in [2.24, 2.45) is 5.73 Å². The van der Waals surface area contributed by atoms with E-state index in [1.165, 1.54) is 6.07 Å². The standard InChI is InChI=1S/C14H12BrClFN/c1-8-4-10(6-11(16)5-8)14(18)9-2-3-13(17)12(15)7-9/h2-7,14H,18H2,1H3. The van der Waals surface area contributed by atoms with Crippen LogP contribution in [0.1, 0.15) is 22.7 Å². The van der Waals surface area contributed by atoms with Gasteiger partial charge in [-0.1, -0.05) is 23.7 Å². The molecule has 0 saturated heterocycles. The Balaban J connectivity index is 2.40. The number of rotatable bonds is 2. The third-order valence-electron chi connectivity index (χ3n) is 2.73. The normalized spacial score (nSPS) is 12.5. The van der Waals surface area contributed by atoms with E-state index < -0.39 is 0 Å². The van der Waals surface area contributed by atoms with Gasteiger partial charge in [0.2, 0.25) is 0 Å². The van der Waals surface area contributed by atoms with E-state index in [9.17, 15) is 4.39 Å². The average Bonchev–Trinajstić information content (AvgIpc) is 2.30. The highest BCUT2D eigenvalue weighted by Crippen LogP contribution is 2.26. The number of halogens is 3. The lowest BCUT2D eigenvalue weighted by atomic mass is 9.98. The lowest BCUT2D eigenvalue weighted by Gasteiger charge is -2.14. The van der Waals surface area contributed by atoms with Crippen LogP contribution < -0.4 is 5.73 Å². The summed E-state index contributed by atoms with van der Waals surface area (Å²) < 4.78 is 13.6. The van der Waals surface area contributed by atoms with Gasteiger partial charge in [-0.05, 0) is 63.8 Å². The molecule has 0 saturated carbocycles. The quantitative estimate of drug-likeness (QED) is 0.856. The molecule has 0 aromatic heterocycles. The topological polar surface area (TPSA) is 26.0 Å². The number of nitrogens with two attached hydrogens (primary N) is 1. The van der Waals surface area contributed by atoms with Crippen molar-refractivity contribution in [3.05, 3.63) is 68.4 Å². The van der Waals surface area contributed by atoms with E-state index in [0.717, 1.165) is 16.7 Å². The predicted octanol–water partition coefficient (Wildman–Crippen LogP) is 4.60. The van der Waals surface area contributed by atoms with Crippen molar-refractivity contribution < 1.29 is 4.39 Å². The van der Waals surface area contributed by atoms with Crippen LogP contribution >= 0.6 is 27.5 Å². The average molecular weight is 329 g/mol. The molecule has 0 aliphatic carbocycles. The molecule has 1 nitrogen and oxygen atoms in total. The number of benzene rings is 2. The van der Waals surface area contributed by atoms with E-state index in [0.29, 0.717) is 9.50 Å². The van der Waals surface area contributed by atoms with E-state index in [-0.39, 0.29) is 11.9 Å². The summed E-state index contributed by atoms with van der Waals surface area (Å²) in [6.45, 7) is 1.96. The van der Waals surface area contributed by atoms with Gasteiger partial charge in [-0.15, -0.1) is 0 Å². The fourth-order valence-corrected chi connectivity index (χ4v) is 2.54. The van der Waals surface area contributed by atoms with Gasteiger partial charge in [-0.25, -0.2) is 4.39 Å². The van der Waals surface area contributed by atoms with Gasteiger partial charge in [-0.2, -0.15) is 0 Å². The molecule has 0 aliphatic rings. The number of aryl methyl sites for hydroxylation is 1. The molecule has 1 atom stereocenters. The number of hydrogen-bond acceptors (Lipinski definition) is 1. The Labute approximate surface area is 119 Å². The monoisotopic (exact) mass is 327 g/mol. The molecule has 2 rings (SSSR count). The van der Waals surface area contributed by atoms with E-state index in [1.807, 2.05) is 25.1 Å². The van der Waals surface area contributed by atoms with Crippen molar-refractivity contribution in [2.75, 3.05) is 0 Å². The zero-order valence-electron chi connectivity index (χ0n) is 9.75. The van der Waals surface area contributed by atoms with Crippen LogP contribution in [0.2, 0.25) is 5.02 Å². The molecule has 4 heteroatoms. The lowest BCUT2D eigenvalue weighted by Crippen LogP contribution is -2.12. The van der Waals surface area contributed by atoms with Crippen LogP contribution in [-0.2, 0) is 0 Å². The fraction of sp³-hybridized carbons (Fsp3) is 0.143.